The maximum Gasteiger partial charge on any atom is 0.243 e. The Hall–Kier alpha value is -1.82. The average molecular weight is 347 g/mol. The Morgan fingerprint density at radius 3 is 2.64 bits per heavy atom. The minimum absolute atomic E-state index is 0.0784. The van der Waals surface area contributed by atoms with Gasteiger partial charge >= 0.3 is 0 Å². The quantitative estimate of drug-likeness (QED) is 0.886. The lowest BCUT2D eigenvalue weighted by molar-refractivity contribution is -0.142. The molecule has 6 nitrogen and oxygen atoms in total. The fraction of sp³-hybridized carbons (Fsp3) is 0.684. The van der Waals surface area contributed by atoms with Gasteiger partial charge in [-0.3, -0.25) is 14.5 Å². The summed E-state index contributed by atoms with van der Waals surface area (Å²) in [6.07, 6.45) is 8.03. The molecule has 1 aromatic heterocycles. The average Bonchev–Trinajstić information content (AvgIpc) is 3.25. The summed E-state index contributed by atoms with van der Waals surface area (Å²) in [7, 11) is 0. The summed E-state index contributed by atoms with van der Waals surface area (Å²) in [5.41, 5.74) is 0. The summed E-state index contributed by atoms with van der Waals surface area (Å²) >= 11 is 0. The molecule has 2 amide bonds. The van der Waals surface area contributed by atoms with Crippen molar-refractivity contribution in [1.29, 1.82) is 0 Å². The molecule has 2 aliphatic rings. The van der Waals surface area contributed by atoms with E-state index in [0.717, 1.165) is 44.5 Å². The zero-order valence-corrected chi connectivity index (χ0v) is 15.1. The van der Waals surface area contributed by atoms with Crippen LogP contribution in [0.3, 0.4) is 0 Å². The van der Waals surface area contributed by atoms with Gasteiger partial charge < -0.3 is 14.6 Å². The molecule has 0 aromatic carbocycles. The van der Waals surface area contributed by atoms with Crippen LogP contribution in [0.1, 0.15) is 51.2 Å². The van der Waals surface area contributed by atoms with Crippen molar-refractivity contribution < 1.29 is 14.0 Å². The van der Waals surface area contributed by atoms with E-state index in [1.165, 1.54) is 12.8 Å². The molecule has 3 heterocycles. The first-order chi connectivity index (χ1) is 12.2. The molecule has 2 aliphatic heterocycles. The Kier molecular flexibility index (Phi) is 6.13. The summed E-state index contributed by atoms with van der Waals surface area (Å²) in [6.45, 7) is 5.00. The van der Waals surface area contributed by atoms with E-state index < -0.39 is 0 Å². The van der Waals surface area contributed by atoms with E-state index in [0.29, 0.717) is 13.1 Å². The van der Waals surface area contributed by atoms with Crippen LogP contribution in [0.2, 0.25) is 0 Å². The monoisotopic (exact) mass is 347 g/mol. The smallest absolute Gasteiger partial charge is 0.243 e. The van der Waals surface area contributed by atoms with Gasteiger partial charge in [-0.05, 0) is 57.8 Å². The van der Waals surface area contributed by atoms with E-state index >= 15 is 0 Å². The van der Waals surface area contributed by atoms with Gasteiger partial charge in [0.2, 0.25) is 11.8 Å². The number of rotatable bonds is 5. The minimum atomic E-state index is -0.350. The van der Waals surface area contributed by atoms with Gasteiger partial charge in [-0.2, -0.15) is 0 Å². The van der Waals surface area contributed by atoms with Crippen LogP contribution in [-0.2, 0) is 16.1 Å². The predicted octanol–water partition coefficient (Wildman–Crippen LogP) is 2.15. The van der Waals surface area contributed by atoms with Gasteiger partial charge in [0.15, 0.2) is 0 Å². The number of likely N-dealkylation sites (tertiary alicyclic amines) is 2. The Balaban J connectivity index is 1.57. The number of carbonyl (C=O) groups excluding carboxylic acids is 2. The van der Waals surface area contributed by atoms with Gasteiger partial charge in [0.05, 0.1) is 18.8 Å². The SMILES string of the molecule is C[C@H](C(=O)N1CCC[C@H]1C(=O)NCc1ccco1)N1CCCCCC1. The lowest BCUT2D eigenvalue weighted by Gasteiger charge is -2.32. The van der Waals surface area contributed by atoms with E-state index in [-0.39, 0.29) is 23.9 Å². The number of hydrogen-bond donors (Lipinski definition) is 1. The Bertz CT molecular complexity index is 564. The first-order valence-corrected chi connectivity index (χ1v) is 9.51. The Labute approximate surface area is 149 Å². The topological polar surface area (TPSA) is 65.8 Å². The molecule has 2 atom stereocenters. The second kappa shape index (κ2) is 8.52. The molecule has 2 fully saturated rings. The van der Waals surface area contributed by atoms with Crippen molar-refractivity contribution in [3.63, 3.8) is 0 Å². The normalized spacial score (nSPS) is 23.2. The van der Waals surface area contributed by atoms with Crippen LogP contribution in [0.25, 0.3) is 0 Å². The van der Waals surface area contributed by atoms with E-state index in [9.17, 15) is 9.59 Å². The molecular formula is C19H29N3O3. The molecule has 0 bridgehead atoms. The van der Waals surface area contributed by atoms with E-state index in [2.05, 4.69) is 10.2 Å². The number of hydrogen-bond acceptors (Lipinski definition) is 4. The fourth-order valence-corrected chi connectivity index (χ4v) is 3.89. The third kappa shape index (κ3) is 4.42. The lowest BCUT2D eigenvalue weighted by atomic mass is 10.1. The van der Waals surface area contributed by atoms with E-state index in [1.54, 1.807) is 17.2 Å². The molecule has 0 saturated carbocycles. The third-order valence-corrected chi connectivity index (χ3v) is 5.40. The molecule has 3 rings (SSSR count). The maximum absolute atomic E-state index is 13.0. The Morgan fingerprint density at radius 2 is 1.96 bits per heavy atom. The molecule has 6 heteroatoms. The summed E-state index contributed by atoms with van der Waals surface area (Å²) < 4.78 is 5.25. The third-order valence-electron chi connectivity index (χ3n) is 5.40. The Morgan fingerprint density at radius 1 is 1.20 bits per heavy atom. The molecule has 0 spiro atoms. The second-order valence-corrected chi connectivity index (χ2v) is 7.11. The molecule has 25 heavy (non-hydrogen) atoms. The van der Waals surface area contributed by atoms with Gasteiger partial charge in [0.1, 0.15) is 11.8 Å². The van der Waals surface area contributed by atoms with Crippen LogP contribution in [0.15, 0.2) is 22.8 Å². The summed E-state index contributed by atoms with van der Waals surface area (Å²) in [5.74, 6) is 0.741. The van der Waals surface area contributed by atoms with Crippen LogP contribution in [0.4, 0.5) is 0 Å². The van der Waals surface area contributed by atoms with Crippen LogP contribution >= 0.6 is 0 Å². The summed E-state index contributed by atoms with van der Waals surface area (Å²) in [4.78, 5) is 29.6. The molecule has 0 radical (unpaired) electrons. The molecule has 2 saturated heterocycles. The van der Waals surface area contributed by atoms with Crippen molar-refractivity contribution in [3.05, 3.63) is 24.2 Å². The molecule has 0 aliphatic carbocycles. The molecule has 1 N–H and O–H groups in total. The maximum atomic E-state index is 13.0. The molecule has 138 valence electrons. The number of nitrogens with zero attached hydrogens (tertiary/aromatic N) is 2. The second-order valence-electron chi connectivity index (χ2n) is 7.11. The summed E-state index contributed by atoms with van der Waals surface area (Å²) in [5, 5.41) is 2.90. The van der Waals surface area contributed by atoms with Gasteiger partial charge in [-0.25, -0.2) is 0 Å². The van der Waals surface area contributed by atoms with Gasteiger partial charge in [-0.1, -0.05) is 12.8 Å². The zero-order chi connectivity index (χ0) is 17.6. The zero-order valence-electron chi connectivity index (χ0n) is 15.1. The largest absolute Gasteiger partial charge is 0.467 e. The number of nitrogens with one attached hydrogen (secondary N) is 1. The van der Waals surface area contributed by atoms with Gasteiger partial charge in [-0.15, -0.1) is 0 Å². The first kappa shape index (κ1) is 18.0. The van der Waals surface area contributed by atoms with Gasteiger partial charge in [0.25, 0.3) is 0 Å². The van der Waals surface area contributed by atoms with Crippen molar-refractivity contribution >= 4 is 11.8 Å². The standard InChI is InChI=1S/C19H29N3O3/c1-15(21-10-4-2-3-5-11-21)19(24)22-12-6-9-17(22)18(23)20-14-16-8-7-13-25-16/h7-8,13,15,17H,2-6,9-12,14H2,1H3,(H,20,23)/t15-,17+/m1/s1. The van der Waals surface area contributed by atoms with Crippen LogP contribution in [0, 0.1) is 0 Å². The van der Waals surface area contributed by atoms with Crippen molar-refractivity contribution in [1.82, 2.24) is 15.1 Å². The first-order valence-electron chi connectivity index (χ1n) is 9.51. The number of amides is 2. The van der Waals surface area contributed by atoms with Crippen molar-refractivity contribution in [2.24, 2.45) is 0 Å². The minimum Gasteiger partial charge on any atom is -0.467 e. The highest BCUT2D eigenvalue weighted by molar-refractivity contribution is 5.90. The van der Waals surface area contributed by atoms with Crippen LogP contribution in [-0.4, -0.2) is 53.3 Å². The highest BCUT2D eigenvalue weighted by atomic mass is 16.3. The number of furan rings is 1. The fourth-order valence-electron chi connectivity index (χ4n) is 3.89. The van der Waals surface area contributed by atoms with E-state index in [1.807, 2.05) is 13.0 Å². The molecule has 1 aromatic rings. The highest BCUT2D eigenvalue weighted by Gasteiger charge is 2.37. The highest BCUT2D eigenvalue weighted by Crippen LogP contribution is 2.21. The van der Waals surface area contributed by atoms with Crippen molar-refractivity contribution in [3.8, 4) is 0 Å². The lowest BCUT2D eigenvalue weighted by Crippen LogP contribution is -2.52. The van der Waals surface area contributed by atoms with Crippen molar-refractivity contribution in [2.75, 3.05) is 19.6 Å². The van der Waals surface area contributed by atoms with Crippen molar-refractivity contribution in [2.45, 2.75) is 64.1 Å². The van der Waals surface area contributed by atoms with Crippen LogP contribution in [0.5, 0.6) is 0 Å². The van der Waals surface area contributed by atoms with E-state index in [4.69, 9.17) is 4.42 Å². The number of carbonyl (C=O) groups is 2. The molecule has 0 unspecified atom stereocenters. The van der Waals surface area contributed by atoms with Crippen LogP contribution < -0.4 is 5.32 Å². The molecular weight excluding hydrogens is 318 g/mol. The van der Waals surface area contributed by atoms with Gasteiger partial charge in [0, 0.05) is 6.54 Å². The summed E-state index contributed by atoms with van der Waals surface area (Å²) in [6, 6.07) is 3.14. The predicted molar refractivity (Wildman–Crippen MR) is 94.8 cm³/mol.